The topological polar surface area (TPSA) is 25.4 Å². The van der Waals surface area contributed by atoms with Gasteiger partial charge in [0.25, 0.3) is 0 Å². The third-order valence-electron chi connectivity index (χ3n) is 4.20. The van der Waals surface area contributed by atoms with Crippen molar-refractivity contribution in [3.05, 3.63) is 53.8 Å². The summed E-state index contributed by atoms with van der Waals surface area (Å²) in [5.41, 5.74) is 5.14. The minimum atomic E-state index is -0.294. The number of rotatable bonds is 3. The lowest BCUT2D eigenvalue weighted by Crippen LogP contribution is -2.38. The number of anilines is 1. The van der Waals surface area contributed by atoms with Gasteiger partial charge in [0.15, 0.2) is 17.1 Å². The molecule has 1 radical (unpaired) electrons. The molecule has 117 valence electrons. The van der Waals surface area contributed by atoms with Crippen LogP contribution in [-0.4, -0.2) is 24.2 Å². The van der Waals surface area contributed by atoms with Crippen LogP contribution in [0.4, 0.5) is 10.1 Å². The Morgan fingerprint density at radius 3 is 2.78 bits per heavy atom. The van der Waals surface area contributed by atoms with Crippen LogP contribution < -0.4 is 9.64 Å². The lowest BCUT2D eigenvalue weighted by molar-refractivity contribution is 0.164. The molecule has 1 aliphatic rings. The first-order valence-electron chi connectivity index (χ1n) is 7.73. The van der Waals surface area contributed by atoms with E-state index in [1.165, 1.54) is 6.07 Å². The predicted octanol–water partition coefficient (Wildman–Crippen LogP) is 4.28. The van der Waals surface area contributed by atoms with Crippen molar-refractivity contribution in [2.45, 2.75) is 18.9 Å². The Bertz CT molecular complexity index is 811. The molecule has 1 aromatic heterocycles. The van der Waals surface area contributed by atoms with Crippen LogP contribution in [-0.2, 0) is 0 Å². The zero-order chi connectivity index (χ0) is 15.6. The molecule has 0 amide bonds. The van der Waals surface area contributed by atoms with E-state index in [0.29, 0.717) is 5.75 Å². The fourth-order valence-corrected chi connectivity index (χ4v) is 3.64. The summed E-state index contributed by atoms with van der Waals surface area (Å²) >= 11 is 1.54. The summed E-state index contributed by atoms with van der Waals surface area (Å²) in [6.07, 6.45) is 1.81. The van der Waals surface area contributed by atoms with Gasteiger partial charge in [-0.2, -0.15) is 0 Å². The molecule has 3 nitrogen and oxygen atoms in total. The fraction of sp³-hybridized carbons (Fsp3) is 0.278. The molecule has 0 unspecified atom stereocenters. The highest BCUT2D eigenvalue weighted by Gasteiger charge is 2.23. The third kappa shape index (κ3) is 2.88. The summed E-state index contributed by atoms with van der Waals surface area (Å²) in [5.74, 6) is 0.0554. The molecule has 5 heteroatoms. The fourth-order valence-electron chi connectivity index (χ4n) is 3.01. The summed E-state index contributed by atoms with van der Waals surface area (Å²) < 4.78 is 20.7. The Kier molecular flexibility index (Phi) is 3.87. The van der Waals surface area contributed by atoms with Gasteiger partial charge in [0.2, 0.25) is 0 Å². The van der Waals surface area contributed by atoms with Gasteiger partial charge in [-0.25, -0.2) is 9.37 Å². The molecule has 2 aromatic carbocycles. The van der Waals surface area contributed by atoms with E-state index in [-0.39, 0.29) is 11.9 Å². The van der Waals surface area contributed by atoms with Crippen molar-refractivity contribution in [2.75, 3.05) is 18.0 Å². The van der Waals surface area contributed by atoms with Gasteiger partial charge in [-0.05, 0) is 24.3 Å². The highest BCUT2D eigenvalue weighted by Crippen LogP contribution is 2.30. The number of fused-ring (bicyclic) bond motifs is 1. The van der Waals surface area contributed by atoms with Crippen LogP contribution in [0.2, 0.25) is 0 Å². The molecule has 0 aliphatic carbocycles. The number of nitrogens with zero attached hydrogens (tertiary/aromatic N) is 2. The highest BCUT2D eigenvalue weighted by molar-refractivity contribution is 7.16. The monoisotopic (exact) mass is 327 g/mol. The average Bonchev–Trinajstić information content (AvgIpc) is 3.06. The molecule has 23 heavy (non-hydrogen) atoms. The molecule has 2 heterocycles. The Hall–Kier alpha value is -2.14. The van der Waals surface area contributed by atoms with E-state index < -0.39 is 0 Å². The maximum absolute atomic E-state index is 13.7. The molecular formula is C18H16FN2OS. The molecule has 0 bridgehead atoms. The van der Waals surface area contributed by atoms with Crippen molar-refractivity contribution < 1.29 is 9.13 Å². The zero-order valence-corrected chi connectivity index (χ0v) is 13.4. The first-order valence-corrected chi connectivity index (χ1v) is 8.54. The second-order valence-corrected chi connectivity index (χ2v) is 6.49. The lowest BCUT2D eigenvalue weighted by Gasteiger charge is -2.33. The first kappa shape index (κ1) is 14.5. The smallest absolute Gasteiger partial charge is 0.165 e. The normalized spacial score (nSPS) is 16.0. The predicted molar refractivity (Wildman–Crippen MR) is 90.7 cm³/mol. The van der Waals surface area contributed by atoms with E-state index >= 15 is 0 Å². The van der Waals surface area contributed by atoms with Crippen molar-refractivity contribution in [3.8, 4) is 5.75 Å². The molecule has 0 N–H and O–H groups in total. The second kappa shape index (κ2) is 6.16. The largest absolute Gasteiger partial charge is 0.487 e. The summed E-state index contributed by atoms with van der Waals surface area (Å²) in [5, 5.41) is 0. The SMILES string of the molecule is Fc1ccccc1OC1CCN(c2cccc3s[c]nc23)CC1. The van der Waals surface area contributed by atoms with Gasteiger partial charge in [-0.3, -0.25) is 0 Å². The Morgan fingerprint density at radius 1 is 1.13 bits per heavy atom. The molecule has 0 atom stereocenters. The minimum absolute atomic E-state index is 0.0596. The van der Waals surface area contributed by atoms with Crippen molar-refractivity contribution in [1.82, 2.24) is 4.98 Å². The van der Waals surface area contributed by atoms with Crippen LogP contribution in [0, 0.1) is 11.3 Å². The van der Waals surface area contributed by atoms with Crippen LogP contribution in [0.1, 0.15) is 12.8 Å². The van der Waals surface area contributed by atoms with Gasteiger partial charge in [0.1, 0.15) is 11.6 Å². The molecule has 1 fully saturated rings. The lowest BCUT2D eigenvalue weighted by atomic mass is 10.1. The van der Waals surface area contributed by atoms with E-state index in [4.69, 9.17) is 4.74 Å². The summed E-state index contributed by atoms with van der Waals surface area (Å²) in [6, 6.07) is 12.8. The average molecular weight is 327 g/mol. The Labute approximate surface area is 138 Å². The number of benzene rings is 2. The molecule has 3 aromatic rings. The van der Waals surface area contributed by atoms with Gasteiger partial charge >= 0.3 is 0 Å². The molecule has 1 saturated heterocycles. The highest BCUT2D eigenvalue weighted by atomic mass is 32.1. The van der Waals surface area contributed by atoms with Gasteiger partial charge in [-0.15, -0.1) is 11.3 Å². The van der Waals surface area contributed by atoms with Crippen LogP contribution in [0.15, 0.2) is 42.5 Å². The molecule has 1 aliphatic heterocycles. The van der Waals surface area contributed by atoms with Gasteiger partial charge < -0.3 is 9.64 Å². The van der Waals surface area contributed by atoms with E-state index in [2.05, 4.69) is 33.6 Å². The number of hydrogen-bond donors (Lipinski definition) is 0. The van der Waals surface area contributed by atoms with Crippen LogP contribution >= 0.6 is 11.3 Å². The van der Waals surface area contributed by atoms with Gasteiger partial charge in [0, 0.05) is 25.9 Å². The van der Waals surface area contributed by atoms with Crippen LogP contribution in [0.25, 0.3) is 10.2 Å². The molecular weight excluding hydrogens is 311 g/mol. The number of aromatic nitrogens is 1. The number of ether oxygens (including phenoxy) is 1. The number of piperidine rings is 1. The van der Waals surface area contributed by atoms with Crippen molar-refractivity contribution in [2.24, 2.45) is 0 Å². The standard InChI is InChI=1S/C18H16FN2OS/c19-14-4-1-2-6-16(14)22-13-8-10-21(11-9-13)15-5-3-7-17-18(15)20-12-23-17/h1-7,13H,8-11H2. The van der Waals surface area contributed by atoms with E-state index in [1.54, 1.807) is 29.5 Å². The van der Waals surface area contributed by atoms with Gasteiger partial charge in [-0.1, -0.05) is 18.2 Å². The molecule has 0 spiro atoms. The summed E-state index contributed by atoms with van der Waals surface area (Å²) in [6.45, 7) is 1.77. The van der Waals surface area contributed by atoms with Crippen LogP contribution in [0.5, 0.6) is 5.75 Å². The van der Waals surface area contributed by atoms with E-state index in [0.717, 1.165) is 41.8 Å². The third-order valence-corrected chi connectivity index (χ3v) is 4.94. The number of hydrogen-bond acceptors (Lipinski definition) is 4. The summed E-state index contributed by atoms with van der Waals surface area (Å²) in [7, 11) is 0. The quantitative estimate of drug-likeness (QED) is 0.718. The molecule has 4 rings (SSSR count). The van der Waals surface area contributed by atoms with Gasteiger partial charge in [0.05, 0.1) is 10.4 Å². The number of para-hydroxylation sites is 2. The maximum atomic E-state index is 13.7. The van der Waals surface area contributed by atoms with E-state index in [9.17, 15) is 4.39 Å². The van der Waals surface area contributed by atoms with Crippen molar-refractivity contribution >= 4 is 27.2 Å². The Morgan fingerprint density at radius 2 is 1.96 bits per heavy atom. The maximum Gasteiger partial charge on any atom is 0.165 e. The number of halogens is 1. The molecule has 0 saturated carbocycles. The zero-order valence-electron chi connectivity index (χ0n) is 12.5. The Balaban J connectivity index is 1.45. The summed E-state index contributed by atoms with van der Waals surface area (Å²) in [4.78, 5) is 6.69. The van der Waals surface area contributed by atoms with Crippen molar-refractivity contribution in [3.63, 3.8) is 0 Å². The van der Waals surface area contributed by atoms with Crippen LogP contribution in [0.3, 0.4) is 0 Å². The minimum Gasteiger partial charge on any atom is -0.487 e. The first-order chi connectivity index (χ1) is 11.3. The number of thiazole rings is 1. The second-order valence-electron chi connectivity index (χ2n) is 5.66. The van der Waals surface area contributed by atoms with E-state index in [1.807, 2.05) is 0 Å². The van der Waals surface area contributed by atoms with Crippen molar-refractivity contribution in [1.29, 1.82) is 0 Å².